The Bertz CT molecular complexity index is 478. The van der Waals surface area contributed by atoms with Crippen molar-refractivity contribution in [2.75, 3.05) is 0 Å². The SMILES string of the molecule is CC(C)C(C(=O)O)N(C(=O)OC(C)(C)C)N1C(=O)CCC1=O. The number of carboxylic acid groups (broad SMARTS) is 1. The van der Waals surface area contributed by atoms with Crippen LogP contribution in [0.4, 0.5) is 4.79 Å². The van der Waals surface area contributed by atoms with Crippen molar-refractivity contribution in [1.82, 2.24) is 10.0 Å². The Morgan fingerprint density at radius 1 is 1.18 bits per heavy atom. The van der Waals surface area contributed by atoms with Crippen molar-refractivity contribution in [3.63, 3.8) is 0 Å². The fourth-order valence-corrected chi connectivity index (χ4v) is 2.11. The molecule has 124 valence electrons. The van der Waals surface area contributed by atoms with E-state index in [2.05, 4.69) is 0 Å². The van der Waals surface area contributed by atoms with Crippen molar-refractivity contribution >= 4 is 23.9 Å². The topological polar surface area (TPSA) is 104 Å². The second kappa shape index (κ2) is 6.33. The van der Waals surface area contributed by atoms with E-state index in [1.807, 2.05) is 0 Å². The van der Waals surface area contributed by atoms with Crippen LogP contribution < -0.4 is 0 Å². The first kappa shape index (κ1) is 17.9. The number of aliphatic carboxylic acids is 1. The summed E-state index contributed by atoms with van der Waals surface area (Å²) in [5.41, 5.74) is -0.888. The van der Waals surface area contributed by atoms with Gasteiger partial charge in [0.05, 0.1) is 0 Å². The zero-order chi connectivity index (χ0) is 17.2. The van der Waals surface area contributed by atoms with Gasteiger partial charge in [0.15, 0.2) is 6.04 Å². The van der Waals surface area contributed by atoms with E-state index in [0.29, 0.717) is 10.0 Å². The van der Waals surface area contributed by atoms with Crippen LogP contribution in [0.2, 0.25) is 0 Å². The van der Waals surface area contributed by atoms with Crippen molar-refractivity contribution in [2.24, 2.45) is 5.92 Å². The zero-order valence-electron chi connectivity index (χ0n) is 13.5. The van der Waals surface area contributed by atoms with Gasteiger partial charge in [-0.25, -0.2) is 9.59 Å². The molecule has 22 heavy (non-hydrogen) atoms. The lowest BCUT2D eigenvalue weighted by molar-refractivity contribution is -0.168. The molecule has 1 atom stereocenters. The molecular formula is C14H22N2O6. The molecule has 1 fully saturated rings. The third kappa shape index (κ3) is 3.96. The standard InChI is InChI=1S/C14H22N2O6/c1-8(2)11(12(19)20)16(13(21)22-14(3,4)5)15-9(17)6-7-10(15)18/h8,11H,6-7H2,1-5H3,(H,19,20). The third-order valence-corrected chi connectivity index (χ3v) is 2.97. The zero-order valence-corrected chi connectivity index (χ0v) is 13.5. The van der Waals surface area contributed by atoms with Gasteiger partial charge >= 0.3 is 12.1 Å². The molecule has 1 aliphatic heterocycles. The molecule has 0 saturated carbocycles. The summed E-state index contributed by atoms with van der Waals surface area (Å²) in [4.78, 5) is 47.7. The molecule has 3 amide bonds. The average Bonchev–Trinajstić information content (AvgIpc) is 2.62. The molecule has 1 unspecified atom stereocenters. The first-order valence-corrected chi connectivity index (χ1v) is 7.06. The Kier molecular flexibility index (Phi) is 5.16. The number of nitrogens with zero attached hydrogens (tertiary/aromatic N) is 2. The molecule has 0 aromatic carbocycles. The number of carbonyl (C=O) groups excluding carboxylic acids is 3. The summed E-state index contributed by atoms with van der Waals surface area (Å²) in [7, 11) is 0. The summed E-state index contributed by atoms with van der Waals surface area (Å²) in [6.07, 6.45) is -1.14. The summed E-state index contributed by atoms with van der Waals surface area (Å²) >= 11 is 0. The lowest BCUT2D eigenvalue weighted by Gasteiger charge is -2.37. The van der Waals surface area contributed by atoms with E-state index < -0.39 is 41.4 Å². The summed E-state index contributed by atoms with van der Waals surface area (Å²) in [5, 5.41) is 10.6. The van der Waals surface area contributed by atoms with Gasteiger partial charge in [-0.05, 0) is 26.7 Å². The number of ether oxygens (including phenoxy) is 1. The van der Waals surface area contributed by atoms with Crippen molar-refractivity contribution in [3.05, 3.63) is 0 Å². The maximum atomic E-state index is 12.4. The average molecular weight is 314 g/mol. The Labute approximate surface area is 129 Å². The van der Waals surface area contributed by atoms with Gasteiger partial charge in [-0.1, -0.05) is 13.8 Å². The van der Waals surface area contributed by atoms with Crippen LogP contribution in [0, 0.1) is 5.92 Å². The highest BCUT2D eigenvalue weighted by atomic mass is 16.6. The predicted octanol–water partition coefficient (Wildman–Crippen LogP) is 1.40. The molecular weight excluding hydrogens is 292 g/mol. The van der Waals surface area contributed by atoms with Crippen molar-refractivity contribution in [1.29, 1.82) is 0 Å². The molecule has 1 heterocycles. The molecule has 8 heteroatoms. The molecule has 0 radical (unpaired) electrons. The Morgan fingerprint density at radius 2 is 1.64 bits per heavy atom. The number of rotatable bonds is 4. The minimum absolute atomic E-state index is 0.0530. The molecule has 1 saturated heterocycles. The maximum absolute atomic E-state index is 12.4. The Hall–Kier alpha value is -2.12. The minimum atomic E-state index is -1.37. The number of hydrazine groups is 1. The van der Waals surface area contributed by atoms with Crippen LogP contribution in [0.3, 0.4) is 0 Å². The van der Waals surface area contributed by atoms with Gasteiger partial charge in [0.25, 0.3) is 0 Å². The number of hydrogen-bond donors (Lipinski definition) is 1. The number of hydrogen-bond acceptors (Lipinski definition) is 5. The van der Waals surface area contributed by atoms with E-state index >= 15 is 0 Å². The molecule has 0 aliphatic carbocycles. The summed E-state index contributed by atoms with van der Waals surface area (Å²) in [6, 6.07) is -1.37. The van der Waals surface area contributed by atoms with E-state index in [1.54, 1.807) is 34.6 Å². The molecule has 1 rings (SSSR count). The highest BCUT2D eigenvalue weighted by Gasteiger charge is 2.45. The van der Waals surface area contributed by atoms with Gasteiger partial charge in [0, 0.05) is 12.8 Å². The number of carboxylic acids is 1. The van der Waals surface area contributed by atoms with Crippen LogP contribution in [0.15, 0.2) is 0 Å². The van der Waals surface area contributed by atoms with Gasteiger partial charge in [-0.3, -0.25) is 9.59 Å². The maximum Gasteiger partial charge on any atom is 0.430 e. The van der Waals surface area contributed by atoms with Gasteiger partial charge in [-0.2, -0.15) is 10.0 Å². The summed E-state index contributed by atoms with van der Waals surface area (Å²) < 4.78 is 5.17. The molecule has 1 N–H and O–H groups in total. The summed E-state index contributed by atoms with van der Waals surface area (Å²) in [5.74, 6) is -3.05. The lowest BCUT2D eigenvalue weighted by atomic mass is 10.0. The second-order valence-electron chi connectivity index (χ2n) is 6.45. The third-order valence-electron chi connectivity index (χ3n) is 2.97. The Morgan fingerprint density at radius 3 is 1.95 bits per heavy atom. The van der Waals surface area contributed by atoms with E-state index in [0.717, 1.165) is 0 Å². The second-order valence-corrected chi connectivity index (χ2v) is 6.45. The van der Waals surface area contributed by atoms with Crippen LogP contribution in [-0.2, 0) is 19.1 Å². The number of imide groups is 1. The van der Waals surface area contributed by atoms with E-state index in [4.69, 9.17) is 4.74 Å². The molecule has 1 aliphatic rings. The van der Waals surface area contributed by atoms with Crippen molar-refractivity contribution in [3.8, 4) is 0 Å². The van der Waals surface area contributed by atoms with Gasteiger partial charge in [-0.15, -0.1) is 0 Å². The fraction of sp³-hybridized carbons (Fsp3) is 0.714. The van der Waals surface area contributed by atoms with Crippen LogP contribution in [0.1, 0.15) is 47.5 Å². The monoisotopic (exact) mass is 314 g/mol. The molecule has 8 nitrogen and oxygen atoms in total. The highest BCUT2D eigenvalue weighted by molar-refractivity contribution is 6.03. The first-order chi connectivity index (χ1) is 9.95. The smallest absolute Gasteiger partial charge is 0.430 e. The van der Waals surface area contributed by atoms with Gasteiger partial charge < -0.3 is 9.84 Å². The van der Waals surface area contributed by atoms with E-state index in [-0.39, 0.29) is 12.8 Å². The minimum Gasteiger partial charge on any atom is -0.480 e. The number of carbonyl (C=O) groups is 4. The van der Waals surface area contributed by atoms with E-state index in [1.165, 1.54) is 0 Å². The van der Waals surface area contributed by atoms with Gasteiger partial charge in [0.2, 0.25) is 11.8 Å². The van der Waals surface area contributed by atoms with Crippen molar-refractivity contribution < 1.29 is 29.0 Å². The molecule has 0 aromatic heterocycles. The number of amides is 3. The lowest BCUT2D eigenvalue weighted by Crippen LogP contribution is -2.59. The van der Waals surface area contributed by atoms with Crippen LogP contribution in [0.5, 0.6) is 0 Å². The molecule has 0 aromatic rings. The Balaban J connectivity index is 3.25. The first-order valence-electron chi connectivity index (χ1n) is 7.06. The van der Waals surface area contributed by atoms with E-state index in [9.17, 15) is 24.3 Å². The fourth-order valence-electron chi connectivity index (χ4n) is 2.11. The summed E-state index contributed by atoms with van der Waals surface area (Å²) in [6.45, 7) is 8.01. The molecule has 0 bridgehead atoms. The molecule has 0 spiro atoms. The van der Waals surface area contributed by atoms with Crippen molar-refractivity contribution in [2.45, 2.75) is 59.1 Å². The predicted molar refractivity (Wildman–Crippen MR) is 75.4 cm³/mol. The highest BCUT2D eigenvalue weighted by Crippen LogP contribution is 2.24. The normalized spacial score (nSPS) is 16.9. The van der Waals surface area contributed by atoms with Crippen LogP contribution in [-0.4, -0.2) is 50.6 Å². The van der Waals surface area contributed by atoms with Crippen LogP contribution >= 0.6 is 0 Å². The quantitative estimate of drug-likeness (QED) is 0.786. The van der Waals surface area contributed by atoms with Gasteiger partial charge in [0.1, 0.15) is 5.60 Å². The van der Waals surface area contributed by atoms with Crippen LogP contribution in [0.25, 0.3) is 0 Å². The largest absolute Gasteiger partial charge is 0.480 e.